The summed E-state index contributed by atoms with van der Waals surface area (Å²) in [5, 5.41) is 7.97. The Hall–Kier alpha value is -1.61. The highest BCUT2D eigenvalue weighted by atomic mass is 15.3. The van der Waals surface area contributed by atoms with Crippen molar-refractivity contribution in [2.24, 2.45) is 0 Å². The Kier molecular flexibility index (Phi) is 4.38. The summed E-state index contributed by atoms with van der Waals surface area (Å²) in [6.07, 6.45) is 1.99. The van der Waals surface area contributed by atoms with Crippen LogP contribution in [0.1, 0.15) is 42.3 Å². The van der Waals surface area contributed by atoms with Crippen molar-refractivity contribution in [2.45, 2.75) is 40.3 Å². The topological polar surface area (TPSA) is 29.9 Å². The quantitative estimate of drug-likeness (QED) is 0.891. The molecule has 102 valence electrons. The molecule has 0 saturated heterocycles. The Morgan fingerprint density at radius 1 is 1.26 bits per heavy atom. The van der Waals surface area contributed by atoms with Crippen LogP contribution in [0.5, 0.6) is 0 Å². The molecular formula is C16H23N3. The monoisotopic (exact) mass is 257 g/mol. The molecule has 1 unspecified atom stereocenters. The summed E-state index contributed by atoms with van der Waals surface area (Å²) in [5.74, 6) is 0. The Bertz CT molecular complexity index is 543. The van der Waals surface area contributed by atoms with E-state index in [0.29, 0.717) is 6.04 Å². The lowest BCUT2D eigenvalue weighted by atomic mass is 10.1. The third-order valence-electron chi connectivity index (χ3n) is 3.70. The first-order valence-corrected chi connectivity index (χ1v) is 6.93. The van der Waals surface area contributed by atoms with E-state index in [0.717, 1.165) is 13.1 Å². The van der Waals surface area contributed by atoms with Gasteiger partial charge in [0, 0.05) is 17.3 Å². The molecule has 19 heavy (non-hydrogen) atoms. The fourth-order valence-electron chi connectivity index (χ4n) is 2.41. The Balaban J connectivity index is 2.21. The van der Waals surface area contributed by atoms with Gasteiger partial charge in [-0.1, -0.05) is 31.2 Å². The van der Waals surface area contributed by atoms with E-state index in [4.69, 9.17) is 0 Å². The molecule has 0 bridgehead atoms. The minimum atomic E-state index is 0.357. The zero-order valence-corrected chi connectivity index (χ0v) is 12.3. The molecule has 0 aliphatic heterocycles. The Labute approximate surface area is 115 Å². The summed E-state index contributed by atoms with van der Waals surface area (Å²) in [7, 11) is 0. The van der Waals surface area contributed by atoms with Crippen LogP contribution < -0.4 is 5.32 Å². The second-order valence-corrected chi connectivity index (χ2v) is 5.05. The number of hydrogen-bond donors (Lipinski definition) is 1. The van der Waals surface area contributed by atoms with Gasteiger partial charge in [0.1, 0.15) is 0 Å². The van der Waals surface area contributed by atoms with Crippen LogP contribution in [0.15, 0.2) is 30.5 Å². The maximum atomic E-state index is 4.53. The van der Waals surface area contributed by atoms with Gasteiger partial charge in [-0.15, -0.1) is 0 Å². The number of nitrogens with one attached hydrogen (secondary N) is 1. The van der Waals surface area contributed by atoms with E-state index < -0.39 is 0 Å². The second-order valence-electron chi connectivity index (χ2n) is 5.05. The molecule has 0 spiro atoms. The molecule has 1 aromatic heterocycles. The van der Waals surface area contributed by atoms with Gasteiger partial charge in [0.15, 0.2) is 0 Å². The lowest BCUT2D eigenvalue weighted by Gasteiger charge is -2.13. The standard InChI is InChI=1S/C16H23N3/c1-5-17-13(3)16-10-18-19(14(16)4)11-15-9-7-6-8-12(15)2/h6-10,13,17H,5,11H2,1-4H3. The fraction of sp³-hybridized carbons (Fsp3) is 0.438. The molecule has 1 N–H and O–H groups in total. The second kappa shape index (κ2) is 6.02. The molecule has 3 nitrogen and oxygen atoms in total. The van der Waals surface area contributed by atoms with Crippen LogP contribution in [0, 0.1) is 13.8 Å². The summed E-state index contributed by atoms with van der Waals surface area (Å²) in [6.45, 7) is 10.4. The van der Waals surface area contributed by atoms with E-state index in [1.165, 1.54) is 22.4 Å². The van der Waals surface area contributed by atoms with Crippen LogP contribution in [0.3, 0.4) is 0 Å². The first-order chi connectivity index (χ1) is 9.13. The van der Waals surface area contributed by atoms with Gasteiger partial charge in [0.2, 0.25) is 0 Å². The maximum absolute atomic E-state index is 4.53. The highest BCUT2D eigenvalue weighted by molar-refractivity contribution is 5.27. The SMILES string of the molecule is CCNC(C)c1cnn(Cc2ccccc2C)c1C. The van der Waals surface area contributed by atoms with Gasteiger partial charge in [-0.25, -0.2) is 0 Å². The molecule has 3 heteroatoms. The molecule has 0 radical (unpaired) electrons. The van der Waals surface area contributed by atoms with Crippen LogP contribution in [0.2, 0.25) is 0 Å². The van der Waals surface area contributed by atoms with Gasteiger partial charge in [-0.2, -0.15) is 5.10 Å². The highest BCUT2D eigenvalue weighted by Gasteiger charge is 2.12. The number of benzene rings is 1. The third-order valence-corrected chi connectivity index (χ3v) is 3.70. The molecule has 2 rings (SSSR count). The van der Waals surface area contributed by atoms with E-state index in [1.54, 1.807) is 0 Å². The molecule has 0 aliphatic rings. The summed E-state index contributed by atoms with van der Waals surface area (Å²) < 4.78 is 2.09. The van der Waals surface area contributed by atoms with E-state index in [9.17, 15) is 0 Å². The van der Waals surface area contributed by atoms with Crippen molar-refractivity contribution in [3.63, 3.8) is 0 Å². The highest BCUT2D eigenvalue weighted by Crippen LogP contribution is 2.18. The van der Waals surface area contributed by atoms with Crippen molar-refractivity contribution in [3.05, 3.63) is 52.8 Å². The zero-order valence-electron chi connectivity index (χ0n) is 12.3. The summed E-state index contributed by atoms with van der Waals surface area (Å²) in [6, 6.07) is 8.84. The number of rotatable bonds is 5. The third kappa shape index (κ3) is 3.04. The van der Waals surface area contributed by atoms with Gasteiger partial charge >= 0.3 is 0 Å². The Morgan fingerprint density at radius 2 is 2.00 bits per heavy atom. The van der Waals surface area contributed by atoms with Gasteiger partial charge in [0.05, 0.1) is 12.7 Å². The van der Waals surface area contributed by atoms with Gasteiger partial charge < -0.3 is 5.32 Å². The number of hydrogen-bond acceptors (Lipinski definition) is 2. The molecule has 0 fully saturated rings. The molecular weight excluding hydrogens is 234 g/mol. The lowest BCUT2D eigenvalue weighted by Crippen LogP contribution is -2.18. The molecule has 0 amide bonds. The van der Waals surface area contributed by atoms with Gasteiger partial charge in [-0.3, -0.25) is 4.68 Å². The molecule has 0 saturated carbocycles. The maximum Gasteiger partial charge on any atom is 0.0665 e. The number of aryl methyl sites for hydroxylation is 1. The van der Waals surface area contributed by atoms with Crippen LogP contribution in [-0.4, -0.2) is 16.3 Å². The van der Waals surface area contributed by atoms with Crippen LogP contribution in [0.4, 0.5) is 0 Å². The average molecular weight is 257 g/mol. The summed E-state index contributed by atoms with van der Waals surface area (Å²) in [4.78, 5) is 0. The largest absolute Gasteiger partial charge is 0.310 e. The molecule has 1 heterocycles. The van der Waals surface area contributed by atoms with Crippen LogP contribution in [-0.2, 0) is 6.54 Å². The van der Waals surface area contributed by atoms with Crippen molar-refractivity contribution in [1.29, 1.82) is 0 Å². The summed E-state index contributed by atoms with van der Waals surface area (Å²) >= 11 is 0. The van der Waals surface area contributed by atoms with Crippen LogP contribution >= 0.6 is 0 Å². The lowest BCUT2D eigenvalue weighted by molar-refractivity contribution is 0.590. The number of nitrogens with zero attached hydrogens (tertiary/aromatic N) is 2. The predicted molar refractivity (Wildman–Crippen MR) is 79.3 cm³/mol. The minimum Gasteiger partial charge on any atom is -0.310 e. The molecule has 0 aliphatic carbocycles. The normalized spacial score (nSPS) is 12.6. The van der Waals surface area contributed by atoms with E-state index in [-0.39, 0.29) is 0 Å². The predicted octanol–water partition coefficient (Wildman–Crippen LogP) is 3.22. The van der Waals surface area contributed by atoms with Crippen molar-refractivity contribution >= 4 is 0 Å². The van der Waals surface area contributed by atoms with Gasteiger partial charge in [-0.05, 0) is 38.4 Å². The summed E-state index contributed by atoms with van der Waals surface area (Å²) in [5.41, 5.74) is 5.18. The van der Waals surface area contributed by atoms with Crippen molar-refractivity contribution in [1.82, 2.24) is 15.1 Å². The zero-order chi connectivity index (χ0) is 13.8. The van der Waals surface area contributed by atoms with E-state index in [1.807, 2.05) is 6.20 Å². The first kappa shape index (κ1) is 13.8. The van der Waals surface area contributed by atoms with Gasteiger partial charge in [0.25, 0.3) is 0 Å². The van der Waals surface area contributed by atoms with E-state index in [2.05, 4.69) is 67.1 Å². The number of aromatic nitrogens is 2. The van der Waals surface area contributed by atoms with E-state index >= 15 is 0 Å². The van der Waals surface area contributed by atoms with Crippen LogP contribution in [0.25, 0.3) is 0 Å². The Morgan fingerprint density at radius 3 is 2.68 bits per heavy atom. The fourth-order valence-corrected chi connectivity index (χ4v) is 2.41. The van der Waals surface area contributed by atoms with Crippen molar-refractivity contribution in [2.75, 3.05) is 6.54 Å². The first-order valence-electron chi connectivity index (χ1n) is 6.93. The minimum absolute atomic E-state index is 0.357. The average Bonchev–Trinajstić information content (AvgIpc) is 2.74. The smallest absolute Gasteiger partial charge is 0.0665 e. The molecule has 1 aromatic carbocycles. The van der Waals surface area contributed by atoms with Crippen molar-refractivity contribution < 1.29 is 0 Å². The molecule has 1 atom stereocenters. The van der Waals surface area contributed by atoms with Crippen molar-refractivity contribution in [3.8, 4) is 0 Å². The molecule has 2 aromatic rings.